The first-order valence-corrected chi connectivity index (χ1v) is 6.21. The summed E-state index contributed by atoms with van der Waals surface area (Å²) in [5.74, 6) is 0.604. The lowest BCUT2D eigenvalue weighted by atomic mass is 10.2. The number of hydrogen-bond acceptors (Lipinski definition) is 3. The minimum Gasteiger partial charge on any atom is -0.443 e. The Morgan fingerprint density at radius 1 is 1.21 bits per heavy atom. The van der Waals surface area contributed by atoms with Crippen molar-refractivity contribution in [3.05, 3.63) is 42.2 Å². The van der Waals surface area contributed by atoms with Gasteiger partial charge < -0.3 is 4.74 Å². The molecular weight excluding hydrogens is 240 g/mol. The third kappa shape index (κ3) is 3.22. The van der Waals surface area contributed by atoms with Crippen molar-refractivity contribution < 1.29 is 9.53 Å². The molecule has 1 aromatic carbocycles. The number of benzene rings is 1. The van der Waals surface area contributed by atoms with Crippen LogP contribution in [0, 0.1) is 6.92 Å². The molecule has 0 saturated carbocycles. The zero-order valence-corrected chi connectivity index (χ0v) is 11.7. The average Bonchev–Trinajstić information content (AvgIpc) is 2.70. The van der Waals surface area contributed by atoms with Crippen molar-refractivity contribution in [2.24, 2.45) is 0 Å². The molecular formula is C15H18N2O2. The topological polar surface area (TPSA) is 44.1 Å². The summed E-state index contributed by atoms with van der Waals surface area (Å²) in [4.78, 5) is 16.6. The molecule has 1 heterocycles. The molecule has 0 radical (unpaired) electrons. The summed E-state index contributed by atoms with van der Waals surface area (Å²) in [6, 6.07) is 9.60. The fourth-order valence-electron chi connectivity index (χ4n) is 1.74. The molecule has 100 valence electrons. The average molecular weight is 258 g/mol. The van der Waals surface area contributed by atoms with E-state index in [1.165, 1.54) is 4.57 Å². The summed E-state index contributed by atoms with van der Waals surface area (Å²) in [6.07, 6.45) is 1.28. The van der Waals surface area contributed by atoms with E-state index in [9.17, 15) is 4.79 Å². The highest BCUT2D eigenvalue weighted by atomic mass is 16.6. The number of nitrogens with zero attached hydrogens (tertiary/aromatic N) is 2. The van der Waals surface area contributed by atoms with Crippen molar-refractivity contribution in [3.8, 4) is 11.4 Å². The second-order valence-corrected chi connectivity index (χ2v) is 5.42. The third-order valence-electron chi connectivity index (χ3n) is 2.45. The van der Waals surface area contributed by atoms with Crippen LogP contribution in [-0.4, -0.2) is 21.2 Å². The lowest BCUT2D eigenvalue weighted by molar-refractivity contribution is 0.0539. The van der Waals surface area contributed by atoms with Crippen LogP contribution in [0.25, 0.3) is 11.4 Å². The maximum absolute atomic E-state index is 12.2. The minimum atomic E-state index is -0.525. The molecule has 0 atom stereocenters. The van der Waals surface area contributed by atoms with Gasteiger partial charge in [0, 0.05) is 11.8 Å². The van der Waals surface area contributed by atoms with Crippen molar-refractivity contribution in [1.29, 1.82) is 0 Å². The molecule has 0 N–H and O–H groups in total. The Morgan fingerprint density at radius 3 is 2.42 bits per heavy atom. The van der Waals surface area contributed by atoms with Crippen molar-refractivity contribution in [2.75, 3.05) is 0 Å². The van der Waals surface area contributed by atoms with E-state index in [4.69, 9.17) is 4.74 Å². The molecule has 0 aliphatic heterocycles. The van der Waals surface area contributed by atoms with Gasteiger partial charge in [-0.25, -0.2) is 14.3 Å². The summed E-state index contributed by atoms with van der Waals surface area (Å²) in [5, 5.41) is 0. The summed E-state index contributed by atoms with van der Waals surface area (Å²) in [5.41, 5.74) is 1.15. The van der Waals surface area contributed by atoms with E-state index in [0.717, 1.165) is 11.3 Å². The molecule has 1 aromatic heterocycles. The van der Waals surface area contributed by atoms with E-state index in [0.29, 0.717) is 5.82 Å². The highest BCUT2D eigenvalue weighted by molar-refractivity contribution is 5.77. The zero-order chi connectivity index (χ0) is 14.0. The number of aromatic nitrogens is 2. The Hall–Kier alpha value is -2.10. The fourth-order valence-corrected chi connectivity index (χ4v) is 1.74. The second kappa shape index (κ2) is 4.88. The number of hydrogen-bond donors (Lipinski definition) is 0. The lowest BCUT2D eigenvalue weighted by Crippen LogP contribution is -2.27. The molecule has 0 amide bonds. The summed E-state index contributed by atoms with van der Waals surface area (Å²) < 4.78 is 6.84. The molecule has 0 fully saturated rings. The normalized spacial score (nSPS) is 11.4. The number of carbonyl (C=O) groups excluding carboxylic acids is 1. The lowest BCUT2D eigenvalue weighted by Gasteiger charge is -2.20. The van der Waals surface area contributed by atoms with Crippen molar-refractivity contribution in [1.82, 2.24) is 9.55 Å². The third-order valence-corrected chi connectivity index (χ3v) is 2.45. The van der Waals surface area contributed by atoms with E-state index in [1.807, 2.05) is 58.0 Å². The Kier molecular flexibility index (Phi) is 3.42. The molecule has 2 rings (SSSR count). The van der Waals surface area contributed by atoms with Gasteiger partial charge in [0.05, 0.1) is 5.69 Å². The first-order chi connectivity index (χ1) is 8.87. The van der Waals surface area contributed by atoms with Crippen LogP contribution in [0.15, 0.2) is 36.5 Å². The van der Waals surface area contributed by atoms with Crippen LogP contribution >= 0.6 is 0 Å². The van der Waals surface area contributed by atoms with Crippen LogP contribution in [0.3, 0.4) is 0 Å². The standard InChI is InChI=1S/C15H18N2O2/c1-11-10-17(14(18)19-15(2,3)4)13(16-11)12-8-6-5-7-9-12/h5-10H,1-4H3. The first-order valence-electron chi connectivity index (χ1n) is 6.21. The largest absolute Gasteiger partial charge is 0.443 e. The van der Waals surface area contributed by atoms with E-state index in [2.05, 4.69) is 4.98 Å². The Balaban J connectivity index is 2.40. The van der Waals surface area contributed by atoms with E-state index < -0.39 is 11.7 Å². The van der Waals surface area contributed by atoms with Crippen LogP contribution in [0.1, 0.15) is 26.5 Å². The van der Waals surface area contributed by atoms with Gasteiger partial charge in [0.2, 0.25) is 0 Å². The number of aryl methyl sites for hydroxylation is 1. The molecule has 2 aromatic rings. The molecule has 0 bridgehead atoms. The maximum Gasteiger partial charge on any atom is 0.420 e. The molecule has 0 spiro atoms. The molecule has 0 saturated heterocycles. The van der Waals surface area contributed by atoms with E-state index >= 15 is 0 Å². The van der Waals surface area contributed by atoms with E-state index in [1.54, 1.807) is 6.20 Å². The molecule has 0 unspecified atom stereocenters. The minimum absolute atomic E-state index is 0.410. The van der Waals surface area contributed by atoms with Crippen LogP contribution in [0.2, 0.25) is 0 Å². The van der Waals surface area contributed by atoms with Crippen molar-refractivity contribution in [3.63, 3.8) is 0 Å². The molecule has 19 heavy (non-hydrogen) atoms. The SMILES string of the molecule is Cc1cn(C(=O)OC(C)(C)C)c(-c2ccccc2)n1. The molecule has 4 nitrogen and oxygen atoms in total. The Bertz CT molecular complexity index is 580. The summed E-state index contributed by atoms with van der Waals surface area (Å²) in [7, 11) is 0. The van der Waals surface area contributed by atoms with Crippen LogP contribution in [0.5, 0.6) is 0 Å². The predicted octanol–water partition coefficient (Wildman–Crippen LogP) is 3.64. The number of ether oxygens (including phenoxy) is 1. The smallest absolute Gasteiger partial charge is 0.420 e. The summed E-state index contributed by atoms with van der Waals surface area (Å²) in [6.45, 7) is 7.39. The van der Waals surface area contributed by atoms with Gasteiger partial charge in [-0.2, -0.15) is 0 Å². The van der Waals surface area contributed by atoms with Crippen LogP contribution < -0.4 is 0 Å². The Labute approximate surface area is 113 Å². The van der Waals surface area contributed by atoms with Gasteiger partial charge in [0.25, 0.3) is 0 Å². The number of imidazole rings is 1. The van der Waals surface area contributed by atoms with Gasteiger partial charge in [-0.15, -0.1) is 0 Å². The van der Waals surface area contributed by atoms with Gasteiger partial charge in [-0.3, -0.25) is 0 Å². The Morgan fingerprint density at radius 2 is 1.84 bits per heavy atom. The van der Waals surface area contributed by atoms with Crippen molar-refractivity contribution >= 4 is 6.09 Å². The van der Waals surface area contributed by atoms with Gasteiger partial charge in [-0.05, 0) is 27.7 Å². The predicted molar refractivity (Wildman–Crippen MR) is 74.0 cm³/mol. The zero-order valence-electron chi connectivity index (χ0n) is 11.7. The first kappa shape index (κ1) is 13.3. The fraction of sp³-hybridized carbons (Fsp3) is 0.333. The highest BCUT2D eigenvalue weighted by Gasteiger charge is 2.21. The molecule has 0 aliphatic rings. The van der Waals surface area contributed by atoms with Gasteiger partial charge in [0.1, 0.15) is 11.4 Å². The van der Waals surface area contributed by atoms with Crippen LogP contribution in [-0.2, 0) is 4.74 Å². The second-order valence-electron chi connectivity index (χ2n) is 5.42. The molecule has 0 aliphatic carbocycles. The van der Waals surface area contributed by atoms with Gasteiger partial charge >= 0.3 is 6.09 Å². The highest BCUT2D eigenvalue weighted by Crippen LogP contribution is 2.20. The molecule has 4 heteroatoms. The summed E-state index contributed by atoms with van der Waals surface area (Å²) >= 11 is 0. The maximum atomic E-state index is 12.2. The quantitative estimate of drug-likeness (QED) is 0.784. The monoisotopic (exact) mass is 258 g/mol. The number of rotatable bonds is 1. The van der Waals surface area contributed by atoms with Gasteiger partial charge in [-0.1, -0.05) is 30.3 Å². The van der Waals surface area contributed by atoms with Crippen molar-refractivity contribution in [2.45, 2.75) is 33.3 Å². The van der Waals surface area contributed by atoms with E-state index in [-0.39, 0.29) is 0 Å². The van der Waals surface area contributed by atoms with Crippen LogP contribution in [0.4, 0.5) is 4.79 Å². The van der Waals surface area contributed by atoms with Gasteiger partial charge in [0.15, 0.2) is 0 Å². The number of carbonyl (C=O) groups is 1.